The van der Waals surface area contributed by atoms with E-state index >= 15 is 0 Å². The molecule has 2 aromatic heterocycles. The molecule has 104 valence electrons. The van der Waals surface area contributed by atoms with Gasteiger partial charge in [-0.05, 0) is 13.3 Å². The SMILES string of the molecule is CCCn1ncnc1Cn1cc(S(=O)(=O)Cl)nc1C. The smallest absolute Gasteiger partial charge is 0.280 e. The Morgan fingerprint density at radius 1 is 1.42 bits per heavy atom. The summed E-state index contributed by atoms with van der Waals surface area (Å²) in [6.45, 7) is 4.94. The summed E-state index contributed by atoms with van der Waals surface area (Å²) in [5.41, 5.74) is 0. The van der Waals surface area contributed by atoms with E-state index in [-0.39, 0.29) is 5.03 Å². The number of hydrogen-bond donors (Lipinski definition) is 0. The van der Waals surface area contributed by atoms with E-state index in [4.69, 9.17) is 10.7 Å². The van der Waals surface area contributed by atoms with E-state index in [0.29, 0.717) is 12.4 Å². The molecule has 0 bridgehead atoms. The van der Waals surface area contributed by atoms with Crippen LogP contribution in [0.1, 0.15) is 25.0 Å². The summed E-state index contributed by atoms with van der Waals surface area (Å²) in [4.78, 5) is 8.09. The van der Waals surface area contributed by atoms with Crippen LogP contribution in [-0.4, -0.2) is 32.7 Å². The van der Waals surface area contributed by atoms with Crippen molar-refractivity contribution in [2.24, 2.45) is 0 Å². The highest BCUT2D eigenvalue weighted by Crippen LogP contribution is 2.15. The van der Waals surface area contributed by atoms with Crippen LogP contribution in [0.15, 0.2) is 17.6 Å². The lowest BCUT2D eigenvalue weighted by Crippen LogP contribution is -2.10. The Balaban J connectivity index is 2.29. The maximum Gasteiger partial charge on any atom is 0.280 e. The summed E-state index contributed by atoms with van der Waals surface area (Å²) >= 11 is 0. The topological polar surface area (TPSA) is 82.7 Å². The standard InChI is InChI=1S/C10H14ClN5O2S/c1-3-4-16-9(12-7-13-16)5-15-6-10(14-8(15)2)19(11,17)18/h6-7H,3-5H2,1-2H3. The average molecular weight is 304 g/mol. The molecule has 2 rings (SSSR count). The number of aryl methyl sites for hydroxylation is 2. The van der Waals surface area contributed by atoms with Crippen LogP contribution >= 0.6 is 10.7 Å². The Morgan fingerprint density at radius 3 is 2.74 bits per heavy atom. The normalized spacial score (nSPS) is 11.9. The van der Waals surface area contributed by atoms with Crippen LogP contribution in [0.5, 0.6) is 0 Å². The van der Waals surface area contributed by atoms with E-state index < -0.39 is 9.05 Å². The van der Waals surface area contributed by atoms with Crippen molar-refractivity contribution in [1.29, 1.82) is 0 Å². The Labute approximate surface area is 115 Å². The summed E-state index contributed by atoms with van der Waals surface area (Å²) in [5, 5.41) is 3.97. The fourth-order valence-electron chi connectivity index (χ4n) is 1.72. The van der Waals surface area contributed by atoms with Crippen molar-refractivity contribution in [3.63, 3.8) is 0 Å². The van der Waals surface area contributed by atoms with Crippen molar-refractivity contribution in [2.75, 3.05) is 0 Å². The second-order valence-electron chi connectivity index (χ2n) is 4.09. The summed E-state index contributed by atoms with van der Waals surface area (Å²) in [6.07, 6.45) is 3.83. The molecule has 0 aromatic carbocycles. The third kappa shape index (κ3) is 3.13. The molecule has 19 heavy (non-hydrogen) atoms. The molecule has 0 aliphatic rings. The first-order valence-corrected chi connectivity index (χ1v) is 8.08. The molecule has 0 atom stereocenters. The molecule has 9 heteroatoms. The van der Waals surface area contributed by atoms with E-state index in [1.807, 2.05) is 6.92 Å². The third-order valence-electron chi connectivity index (χ3n) is 2.65. The Bertz CT molecular complexity index is 676. The number of hydrogen-bond acceptors (Lipinski definition) is 5. The highest BCUT2D eigenvalue weighted by atomic mass is 35.7. The van der Waals surface area contributed by atoms with Gasteiger partial charge in [-0.25, -0.2) is 23.1 Å². The summed E-state index contributed by atoms with van der Waals surface area (Å²) in [6, 6.07) is 0. The fourth-order valence-corrected chi connectivity index (χ4v) is 2.44. The fraction of sp³-hybridized carbons (Fsp3) is 0.500. The lowest BCUT2D eigenvalue weighted by atomic mass is 10.4. The Morgan fingerprint density at radius 2 is 2.16 bits per heavy atom. The first-order valence-electron chi connectivity index (χ1n) is 5.77. The average Bonchev–Trinajstić information content (AvgIpc) is 2.88. The molecule has 0 unspecified atom stereocenters. The van der Waals surface area contributed by atoms with E-state index in [1.54, 1.807) is 16.2 Å². The van der Waals surface area contributed by atoms with Crippen molar-refractivity contribution in [3.05, 3.63) is 24.2 Å². The molecule has 0 saturated heterocycles. The maximum atomic E-state index is 11.2. The monoisotopic (exact) mass is 303 g/mol. The van der Waals surface area contributed by atoms with E-state index in [2.05, 4.69) is 15.1 Å². The van der Waals surface area contributed by atoms with Crippen molar-refractivity contribution in [1.82, 2.24) is 24.3 Å². The van der Waals surface area contributed by atoms with Crippen LogP contribution in [0.3, 0.4) is 0 Å². The molecule has 0 radical (unpaired) electrons. The van der Waals surface area contributed by atoms with E-state index in [0.717, 1.165) is 18.8 Å². The van der Waals surface area contributed by atoms with Gasteiger partial charge >= 0.3 is 0 Å². The van der Waals surface area contributed by atoms with Crippen LogP contribution in [0, 0.1) is 6.92 Å². The molecule has 2 aromatic rings. The number of nitrogens with zero attached hydrogens (tertiary/aromatic N) is 5. The van der Waals surface area contributed by atoms with Gasteiger partial charge in [0.15, 0.2) is 5.03 Å². The van der Waals surface area contributed by atoms with Crippen LogP contribution < -0.4 is 0 Å². The van der Waals surface area contributed by atoms with Gasteiger partial charge in [-0.15, -0.1) is 0 Å². The van der Waals surface area contributed by atoms with Crippen LogP contribution in [0.25, 0.3) is 0 Å². The largest absolute Gasteiger partial charge is 0.326 e. The molecular formula is C10H14ClN5O2S. The van der Waals surface area contributed by atoms with Crippen molar-refractivity contribution >= 4 is 19.7 Å². The van der Waals surface area contributed by atoms with Gasteiger partial charge in [-0.3, -0.25) is 0 Å². The van der Waals surface area contributed by atoms with Gasteiger partial charge in [-0.2, -0.15) is 5.10 Å². The molecule has 0 amide bonds. The van der Waals surface area contributed by atoms with Gasteiger partial charge in [0.25, 0.3) is 9.05 Å². The second-order valence-corrected chi connectivity index (χ2v) is 6.60. The summed E-state index contributed by atoms with van der Waals surface area (Å²) < 4.78 is 25.9. The molecule has 0 aliphatic heterocycles. The zero-order valence-corrected chi connectivity index (χ0v) is 12.2. The number of aromatic nitrogens is 5. The Kier molecular flexibility index (Phi) is 3.91. The molecule has 0 saturated carbocycles. The summed E-state index contributed by atoms with van der Waals surface area (Å²) in [7, 11) is 1.46. The quantitative estimate of drug-likeness (QED) is 0.774. The first-order chi connectivity index (χ1) is 8.91. The predicted octanol–water partition coefficient (Wildman–Crippen LogP) is 1.17. The Hall–Kier alpha value is -1.41. The molecular weight excluding hydrogens is 290 g/mol. The van der Waals surface area contributed by atoms with Gasteiger partial charge < -0.3 is 4.57 Å². The maximum absolute atomic E-state index is 11.2. The minimum atomic E-state index is -3.81. The van der Waals surface area contributed by atoms with Gasteiger partial charge in [-0.1, -0.05) is 6.92 Å². The van der Waals surface area contributed by atoms with Gasteiger partial charge in [0, 0.05) is 23.4 Å². The predicted molar refractivity (Wildman–Crippen MR) is 69.4 cm³/mol. The number of imidazole rings is 1. The lowest BCUT2D eigenvalue weighted by molar-refractivity contribution is 0.551. The van der Waals surface area contributed by atoms with Crippen molar-refractivity contribution in [2.45, 2.75) is 38.4 Å². The highest BCUT2D eigenvalue weighted by Gasteiger charge is 2.17. The first kappa shape index (κ1) is 14.0. The van der Waals surface area contributed by atoms with Crippen molar-refractivity contribution in [3.8, 4) is 0 Å². The third-order valence-corrected chi connectivity index (χ3v) is 3.82. The zero-order valence-electron chi connectivity index (χ0n) is 10.6. The van der Waals surface area contributed by atoms with Gasteiger partial charge in [0.05, 0.1) is 6.54 Å². The summed E-state index contributed by atoms with van der Waals surface area (Å²) in [5.74, 6) is 1.31. The van der Waals surface area contributed by atoms with E-state index in [9.17, 15) is 8.42 Å². The zero-order chi connectivity index (χ0) is 14.0. The molecule has 2 heterocycles. The minimum Gasteiger partial charge on any atom is -0.326 e. The second kappa shape index (κ2) is 5.30. The lowest BCUT2D eigenvalue weighted by Gasteiger charge is -2.06. The van der Waals surface area contributed by atoms with Gasteiger partial charge in [0.1, 0.15) is 18.0 Å². The minimum absolute atomic E-state index is 0.145. The molecule has 0 aliphatic carbocycles. The van der Waals surface area contributed by atoms with E-state index in [1.165, 1.54) is 12.5 Å². The highest BCUT2D eigenvalue weighted by molar-refractivity contribution is 8.13. The van der Waals surface area contributed by atoms with Crippen LogP contribution in [0.4, 0.5) is 0 Å². The van der Waals surface area contributed by atoms with Crippen molar-refractivity contribution < 1.29 is 8.42 Å². The molecule has 0 fully saturated rings. The molecule has 0 spiro atoms. The van der Waals surface area contributed by atoms with Crippen LogP contribution in [0.2, 0.25) is 0 Å². The number of halogens is 1. The van der Waals surface area contributed by atoms with Gasteiger partial charge in [0.2, 0.25) is 0 Å². The molecule has 7 nitrogen and oxygen atoms in total. The molecule has 0 N–H and O–H groups in total. The van der Waals surface area contributed by atoms with Crippen LogP contribution in [-0.2, 0) is 22.1 Å². The number of rotatable bonds is 5.